The van der Waals surface area contributed by atoms with Crippen LogP contribution in [0.2, 0.25) is 0 Å². The van der Waals surface area contributed by atoms with Crippen molar-refractivity contribution in [1.29, 1.82) is 0 Å². The summed E-state index contributed by atoms with van der Waals surface area (Å²) >= 11 is 0. The van der Waals surface area contributed by atoms with Gasteiger partial charge < -0.3 is 15.2 Å². The van der Waals surface area contributed by atoms with Crippen LogP contribution < -0.4 is 5.32 Å². The summed E-state index contributed by atoms with van der Waals surface area (Å²) in [7, 11) is 0. The Balaban J connectivity index is 3.92. The van der Waals surface area contributed by atoms with Gasteiger partial charge in [-0.3, -0.25) is 0 Å². The molecule has 0 aromatic carbocycles. The predicted molar refractivity (Wildman–Crippen MR) is 55.4 cm³/mol. The lowest BCUT2D eigenvalue weighted by Gasteiger charge is -2.24. The van der Waals surface area contributed by atoms with Crippen LogP contribution in [0, 0.1) is 0 Å². The summed E-state index contributed by atoms with van der Waals surface area (Å²) in [4.78, 5) is 11.1. The van der Waals surface area contributed by atoms with Gasteiger partial charge in [0.15, 0.2) is 0 Å². The van der Waals surface area contributed by atoms with Gasteiger partial charge in [0.25, 0.3) is 0 Å². The van der Waals surface area contributed by atoms with Gasteiger partial charge in [-0.2, -0.15) is 0 Å². The molecule has 1 unspecified atom stereocenters. The normalized spacial score (nSPS) is 14.6. The summed E-state index contributed by atoms with van der Waals surface area (Å²) in [6, 6.07) is 0. The van der Waals surface area contributed by atoms with Crippen LogP contribution in [-0.4, -0.2) is 35.1 Å². The summed E-state index contributed by atoms with van der Waals surface area (Å²) in [6.07, 6.45) is -2.21. The number of alkyl carbamates (subject to hydrolysis) is 1. The van der Waals surface area contributed by atoms with Gasteiger partial charge in [0.1, 0.15) is 11.8 Å². The van der Waals surface area contributed by atoms with Crippen LogP contribution in [0.5, 0.6) is 0 Å². The van der Waals surface area contributed by atoms with E-state index in [4.69, 9.17) is 4.74 Å². The molecule has 0 saturated heterocycles. The number of aliphatic hydroxyl groups is 1. The van der Waals surface area contributed by atoms with Gasteiger partial charge in [-0.05, 0) is 34.6 Å². The lowest BCUT2D eigenvalue weighted by atomic mass is 10.0. The first kappa shape index (κ1) is 14.2. The molecule has 5 heteroatoms. The minimum Gasteiger partial charge on any atom is -0.444 e. The molecule has 0 spiro atoms. The van der Waals surface area contributed by atoms with E-state index in [1.807, 2.05) is 0 Å². The third-order valence-electron chi connectivity index (χ3n) is 1.59. The molecule has 0 aromatic heterocycles. The minimum atomic E-state index is -1.52. The van der Waals surface area contributed by atoms with Gasteiger partial charge in [-0.1, -0.05) is 0 Å². The summed E-state index contributed by atoms with van der Waals surface area (Å²) < 4.78 is 18.1. The van der Waals surface area contributed by atoms with Crippen molar-refractivity contribution in [2.45, 2.75) is 52.0 Å². The van der Waals surface area contributed by atoms with Crippen LogP contribution >= 0.6 is 0 Å². The molecule has 15 heavy (non-hydrogen) atoms. The van der Waals surface area contributed by atoms with E-state index in [9.17, 15) is 14.3 Å². The first-order valence-electron chi connectivity index (χ1n) is 4.85. The van der Waals surface area contributed by atoms with Crippen LogP contribution in [-0.2, 0) is 4.74 Å². The number of rotatable bonds is 3. The number of halogens is 1. The molecule has 0 radical (unpaired) electrons. The number of hydrogen-bond donors (Lipinski definition) is 2. The molecule has 90 valence electrons. The molecular formula is C10H20FNO3. The number of hydrogen-bond acceptors (Lipinski definition) is 3. The number of amides is 1. The highest BCUT2D eigenvalue weighted by Gasteiger charge is 2.27. The topological polar surface area (TPSA) is 58.6 Å². The SMILES string of the molecule is CC(C)(C)OC(=O)NCC(F)C(C)(C)O. The summed E-state index contributed by atoms with van der Waals surface area (Å²) in [6.45, 7) is 7.57. The van der Waals surface area contributed by atoms with Gasteiger partial charge in [-0.25, -0.2) is 9.18 Å². The van der Waals surface area contributed by atoms with Crippen LogP contribution in [0.15, 0.2) is 0 Å². The minimum absolute atomic E-state index is 0.265. The average molecular weight is 221 g/mol. The zero-order valence-corrected chi connectivity index (χ0v) is 9.93. The molecule has 0 aliphatic heterocycles. The van der Waals surface area contributed by atoms with E-state index in [0.29, 0.717) is 0 Å². The van der Waals surface area contributed by atoms with Crippen LogP contribution in [0.4, 0.5) is 9.18 Å². The Morgan fingerprint density at radius 1 is 1.40 bits per heavy atom. The number of carbonyl (C=O) groups excluding carboxylic acids is 1. The highest BCUT2D eigenvalue weighted by atomic mass is 19.1. The van der Waals surface area contributed by atoms with Gasteiger partial charge in [0.2, 0.25) is 0 Å². The van der Waals surface area contributed by atoms with E-state index >= 15 is 0 Å². The second kappa shape index (κ2) is 4.79. The van der Waals surface area contributed by atoms with Gasteiger partial charge in [-0.15, -0.1) is 0 Å². The van der Waals surface area contributed by atoms with Crippen LogP contribution in [0.25, 0.3) is 0 Å². The molecule has 0 saturated carbocycles. The van der Waals surface area contributed by atoms with Crippen molar-refractivity contribution in [2.24, 2.45) is 0 Å². The third-order valence-corrected chi connectivity index (χ3v) is 1.59. The Labute approximate surface area is 89.8 Å². The third kappa shape index (κ3) is 7.13. The maximum Gasteiger partial charge on any atom is 0.407 e. The van der Waals surface area contributed by atoms with Gasteiger partial charge >= 0.3 is 6.09 Å². The Hall–Kier alpha value is -0.840. The predicted octanol–water partition coefficient (Wildman–Crippen LogP) is 1.62. The van der Waals surface area contributed by atoms with Crippen LogP contribution in [0.1, 0.15) is 34.6 Å². The van der Waals surface area contributed by atoms with Crippen molar-refractivity contribution in [2.75, 3.05) is 6.54 Å². The number of carbonyl (C=O) groups is 1. The Bertz CT molecular complexity index is 218. The second-order valence-corrected chi connectivity index (χ2v) is 5.00. The van der Waals surface area contributed by atoms with Crippen molar-refractivity contribution in [1.82, 2.24) is 5.32 Å². The van der Waals surface area contributed by atoms with E-state index in [1.165, 1.54) is 13.8 Å². The van der Waals surface area contributed by atoms with Crippen molar-refractivity contribution in [3.8, 4) is 0 Å². The van der Waals surface area contributed by atoms with E-state index in [1.54, 1.807) is 20.8 Å². The molecule has 0 aliphatic rings. The highest BCUT2D eigenvalue weighted by Crippen LogP contribution is 2.11. The molecule has 4 nitrogen and oxygen atoms in total. The van der Waals surface area contributed by atoms with E-state index in [2.05, 4.69) is 5.32 Å². The fourth-order valence-electron chi connectivity index (χ4n) is 0.737. The molecule has 0 fully saturated rings. The van der Waals surface area contributed by atoms with Gasteiger partial charge in [0.05, 0.1) is 12.1 Å². The van der Waals surface area contributed by atoms with E-state index in [-0.39, 0.29) is 6.54 Å². The monoisotopic (exact) mass is 221 g/mol. The zero-order chi connectivity index (χ0) is 12.3. The molecule has 0 bridgehead atoms. The Morgan fingerprint density at radius 3 is 2.20 bits per heavy atom. The Morgan fingerprint density at radius 2 is 1.87 bits per heavy atom. The van der Waals surface area contributed by atoms with Crippen molar-refractivity contribution < 1.29 is 19.0 Å². The molecule has 0 rings (SSSR count). The molecule has 1 atom stereocenters. The molecule has 0 aliphatic carbocycles. The maximum atomic E-state index is 13.2. The number of alkyl halides is 1. The fraction of sp³-hybridized carbons (Fsp3) is 0.900. The molecule has 2 N–H and O–H groups in total. The molecule has 1 amide bonds. The largest absolute Gasteiger partial charge is 0.444 e. The fourth-order valence-corrected chi connectivity index (χ4v) is 0.737. The van der Waals surface area contributed by atoms with E-state index < -0.39 is 23.5 Å². The summed E-state index contributed by atoms with van der Waals surface area (Å²) in [5.74, 6) is 0. The van der Waals surface area contributed by atoms with Crippen molar-refractivity contribution in [3.05, 3.63) is 0 Å². The lowest BCUT2D eigenvalue weighted by molar-refractivity contribution is -0.00454. The lowest BCUT2D eigenvalue weighted by Crippen LogP contribution is -2.43. The number of nitrogens with one attached hydrogen (secondary N) is 1. The molecular weight excluding hydrogens is 201 g/mol. The molecule has 0 heterocycles. The first-order valence-corrected chi connectivity index (χ1v) is 4.85. The first-order chi connectivity index (χ1) is 6.52. The second-order valence-electron chi connectivity index (χ2n) is 5.00. The van der Waals surface area contributed by atoms with Gasteiger partial charge in [0, 0.05) is 0 Å². The summed E-state index contributed by atoms with van der Waals surface area (Å²) in [5.41, 5.74) is -2.07. The quantitative estimate of drug-likeness (QED) is 0.761. The maximum absolute atomic E-state index is 13.2. The zero-order valence-electron chi connectivity index (χ0n) is 9.93. The Kier molecular flexibility index (Phi) is 4.52. The standard InChI is InChI=1S/C10H20FNO3/c1-9(2,3)15-8(13)12-6-7(11)10(4,5)14/h7,14H,6H2,1-5H3,(H,12,13). The average Bonchev–Trinajstić information content (AvgIpc) is 1.94. The highest BCUT2D eigenvalue weighted by molar-refractivity contribution is 5.67. The number of ether oxygens (including phenoxy) is 1. The van der Waals surface area contributed by atoms with E-state index in [0.717, 1.165) is 0 Å². The van der Waals surface area contributed by atoms with Crippen molar-refractivity contribution in [3.63, 3.8) is 0 Å². The smallest absolute Gasteiger partial charge is 0.407 e. The van der Waals surface area contributed by atoms with Crippen LogP contribution in [0.3, 0.4) is 0 Å². The molecule has 0 aromatic rings. The summed E-state index contributed by atoms with van der Waals surface area (Å²) in [5, 5.41) is 11.5. The van der Waals surface area contributed by atoms with Crippen molar-refractivity contribution >= 4 is 6.09 Å².